The highest BCUT2D eigenvalue weighted by molar-refractivity contribution is 6.45. The number of para-hydroxylation sites is 1. The van der Waals surface area contributed by atoms with E-state index in [-0.39, 0.29) is 5.57 Å². The maximum atomic E-state index is 13.7. The lowest BCUT2D eigenvalue weighted by molar-refractivity contribution is -0.120. The molecule has 2 aromatic carbocycles. The molecule has 0 saturated heterocycles. The van der Waals surface area contributed by atoms with Gasteiger partial charge in [0.1, 0.15) is 17.3 Å². The summed E-state index contributed by atoms with van der Waals surface area (Å²) in [4.78, 5) is 34.4. The molecule has 0 radical (unpaired) electrons. The minimum Gasteiger partial charge on any atom is -0.496 e. The number of ether oxygens (including phenoxy) is 1. The fourth-order valence-electron chi connectivity index (χ4n) is 3.97. The van der Waals surface area contributed by atoms with Crippen molar-refractivity contribution in [2.24, 2.45) is 0 Å². The zero-order valence-electron chi connectivity index (χ0n) is 18.5. The highest BCUT2D eigenvalue weighted by Gasteiger charge is 2.43. The first-order valence-electron chi connectivity index (χ1n) is 10.7. The van der Waals surface area contributed by atoms with Crippen molar-refractivity contribution in [3.8, 4) is 5.75 Å². The Morgan fingerprint density at radius 3 is 2.33 bits per heavy atom. The van der Waals surface area contributed by atoms with Crippen LogP contribution in [0.15, 0.2) is 78.8 Å². The maximum Gasteiger partial charge on any atom is 0.282 e. The molecule has 0 unspecified atom stereocenters. The molecule has 0 fully saturated rings. The van der Waals surface area contributed by atoms with Gasteiger partial charge in [-0.05, 0) is 61.4 Å². The van der Waals surface area contributed by atoms with Crippen molar-refractivity contribution in [2.45, 2.75) is 13.3 Å². The number of aromatic nitrogens is 1. The van der Waals surface area contributed by atoms with Crippen LogP contribution in [0.25, 0.3) is 5.57 Å². The van der Waals surface area contributed by atoms with Crippen LogP contribution in [0.5, 0.6) is 5.75 Å². The lowest BCUT2D eigenvalue weighted by Crippen LogP contribution is -2.36. The van der Waals surface area contributed by atoms with Gasteiger partial charge >= 0.3 is 0 Å². The number of amides is 2. The van der Waals surface area contributed by atoms with E-state index in [0.717, 1.165) is 10.5 Å². The van der Waals surface area contributed by atoms with Gasteiger partial charge in [-0.3, -0.25) is 14.6 Å². The SMILES string of the molecule is CCN(CCc1ccncc1)C1=C(c2ccccc2OC)C(=O)N(c2ccc(F)cc2)C1=O. The summed E-state index contributed by atoms with van der Waals surface area (Å²) in [6, 6.07) is 16.3. The molecule has 1 aliphatic rings. The number of likely N-dealkylation sites (N-methyl/N-ethyl adjacent to an activating group) is 1. The van der Waals surface area contributed by atoms with Crippen molar-refractivity contribution < 1.29 is 18.7 Å². The predicted octanol–water partition coefficient (Wildman–Crippen LogP) is 4.08. The Balaban J connectivity index is 1.79. The fraction of sp³-hybridized carbons (Fsp3) is 0.192. The highest BCUT2D eigenvalue weighted by atomic mass is 19.1. The Morgan fingerprint density at radius 2 is 1.67 bits per heavy atom. The minimum atomic E-state index is -0.464. The lowest BCUT2D eigenvalue weighted by atomic mass is 10.0. The predicted molar refractivity (Wildman–Crippen MR) is 124 cm³/mol. The summed E-state index contributed by atoms with van der Waals surface area (Å²) in [5.74, 6) is -0.849. The summed E-state index contributed by atoms with van der Waals surface area (Å²) in [7, 11) is 1.53. The Kier molecular flexibility index (Phi) is 6.49. The smallest absolute Gasteiger partial charge is 0.282 e. The van der Waals surface area contributed by atoms with Crippen LogP contribution in [-0.4, -0.2) is 41.9 Å². The first kappa shape index (κ1) is 22.2. The van der Waals surface area contributed by atoms with E-state index in [2.05, 4.69) is 4.98 Å². The van der Waals surface area contributed by atoms with Gasteiger partial charge < -0.3 is 9.64 Å². The Hall–Kier alpha value is -4.00. The van der Waals surface area contributed by atoms with Crippen LogP contribution >= 0.6 is 0 Å². The Morgan fingerprint density at radius 1 is 0.970 bits per heavy atom. The number of anilines is 1. The molecule has 168 valence electrons. The van der Waals surface area contributed by atoms with Crippen LogP contribution in [0.1, 0.15) is 18.1 Å². The van der Waals surface area contributed by atoms with E-state index < -0.39 is 17.6 Å². The largest absolute Gasteiger partial charge is 0.496 e. The Labute approximate surface area is 191 Å². The van der Waals surface area contributed by atoms with E-state index in [0.29, 0.717) is 42.2 Å². The number of hydrogen-bond acceptors (Lipinski definition) is 5. The van der Waals surface area contributed by atoms with Gasteiger partial charge in [0.05, 0.1) is 18.4 Å². The molecule has 2 amide bonds. The molecule has 2 heterocycles. The number of benzene rings is 2. The van der Waals surface area contributed by atoms with Gasteiger partial charge in [-0.25, -0.2) is 9.29 Å². The van der Waals surface area contributed by atoms with Crippen molar-refractivity contribution >= 4 is 23.1 Å². The third-order valence-corrected chi connectivity index (χ3v) is 5.64. The quantitative estimate of drug-likeness (QED) is 0.489. The van der Waals surface area contributed by atoms with Gasteiger partial charge in [0, 0.05) is 31.0 Å². The van der Waals surface area contributed by atoms with E-state index in [9.17, 15) is 14.0 Å². The first-order chi connectivity index (χ1) is 16.0. The van der Waals surface area contributed by atoms with Crippen molar-refractivity contribution in [2.75, 3.05) is 25.1 Å². The van der Waals surface area contributed by atoms with E-state index in [4.69, 9.17) is 4.74 Å². The zero-order chi connectivity index (χ0) is 23.4. The molecule has 6 nitrogen and oxygen atoms in total. The molecular formula is C26H24FN3O3. The van der Waals surface area contributed by atoms with Crippen LogP contribution < -0.4 is 9.64 Å². The van der Waals surface area contributed by atoms with Gasteiger partial charge in [-0.2, -0.15) is 0 Å². The van der Waals surface area contributed by atoms with Crippen molar-refractivity contribution in [3.63, 3.8) is 0 Å². The molecule has 1 aliphatic heterocycles. The summed E-state index contributed by atoms with van der Waals surface area (Å²) in [5, 5.41) is 0. The number of nitrogens with zero attached hydrogens (tertiary/aromatic N) is 3. The maximum absolute atomic E-state index is 13.7. The van der Waals surface area contributed by atoms with Crippen molar-refractivity contribution in [1.29, 1.82) is 0 Å². The Bertz CT molecular complexity index is 1190. The number of halogens is 1. The van der Waals surface area contributed by atoms with E-state index in [1.54, 1.807) is 30.6 Å². The number of pyridine rings is 1. The summed E-state index contributed by atoms with van der Waals surface area (Å²) in [6.45, 7) is 3.00. The van der Waals surface area contributed by atoms with Crippen LogP contribution in [0.3, 0.4) is 0 Å². The van der Waals surface area contributed by atoms with E-state index in [1.165, 1.54) is 31.4 Å². The minimum absolute atomic E-state index is 0.276. The average Bonchev–Trinajstić information content (AvgIpc) is 3.10. The number of carbonyl (C=O) groups excluding carboxylic acids is 2. The standard InChI is InChI=1S/C26H24FN3O3/c1-3-29(17-14-18-12-15-28-16-13-18)24-23(21-6-4-5-7-22(21)33-2)25(31)30(26(24)32)20-10-8-19(27)9-11-20/h4-13,15-16H,3,14,17H2,1-2H3. The second-order valence-corrected chi connectivity index (χ2v) is 7.53. The van der Waals surface area contributed by atoms with E-state index in [1.807, 2.05) is 30.0 Å². The second-order valence-electron chi connectivity index (χ2n) is 7.53. The van der Waals surface area contributed by atoms with Gasteiger partial charge in [0.2, 0.25) is 0 Å². The lowest BCUT2D eigenvalue weighted by Gasteiger charge is -2.25. The monoisotopic (exact) mass is 445 g/mol. The molecule has 1 aromatic heterocycles. The number of hydrogen-bond donors (Lipinski definition) is 0. The van der Waals surface area contributed by atoms with Crippen LogP contribution in [-0.2, 0) is 16.0 Å². The zero-order valence-corrected chi connectivity index (χ0v) is 18.5. The third-order valence-electron chi connectivity index (χ3n) is 5.64. The topological polar surface area (TPSA) is 62.7 Å². The third kappa shape index (κ3) is 4.35. The molecule has 0 spiro atoms. The molecule has 0 bridgehead atoms. The van der Waals surface area contributed by atoms with Gasteiger partial charge in [0.15, 0.2) is 0 Å². The molecule has 4 rings (SSSR count). The summed E-state index contributed by atoms with van der Waals surface area (Å²) >= 11 is 0. The molecular weight excluding hydrogens is 421 g/mol. The molecule has 3 aromatic rings. The van der Waals surface area contributed by atoms with Gasteiger partial charge in [0.25, 0.3) is 11.8 Å². The van der Waals surface area contributed by atoms with Crippen LogP contribution in [0.4, 0.5) is 10.1 Å². The molecule has 0 aliphatic carbocycles. The molecule has 0 atom stereocenters. The first-order valence-corrected chi connectivity index (χ1v) is 10.7. The number of imide groups is 1. The molecule has 33 heavy (non-hydrogen) atoms. The summed E-state index contributed by atoms with van der Waals surface area (Å²) in [5.41, 5.74) is 2.53. The molecule has 0 N–H and O–H groups in total. The van der Waals surface area contributed by atoms with E-state index >= 15 is 0 Å². The number of rotatable bonds is 8. The van der Waals surface area contributed by atoms with Gasteiger partial charge in [-0.1, -0.05) is 18.2 Å². The molecule has 0 saturated carbocycles. The van der Waals surface area contributed by atoms with Crippen molar-refractivity contribution in [3.05, 3.63) is 95.7 Å². The van der Waals surface area contributed by atoms with Crippen LogP contribution in [0, 0.1) is 5.82 Å². The number of methoxy groups -OCH3 is 1. The second kappa shape index (κ2) is 9.65. The fourth-order valence-corrected chi connectivity index (χ4v) is 3.97. The highest BCUT2D eigenvalue weighted by Crippen LogP contribution is 2.38. The van der Waals surface area contributed by atoms with Gasteiger partial charge in [-0.15, -0.1) is 0 Å². The number of carbonyl (C=O) groups is 2. The normalized spacial score (nSPS) is 13.6. The van der Waals surface area contributed by atoms with Crippen LogP contribution in [0.2, 0.25) is 0 Å². The summed E-state index contributed by atoms with van der Waals surface area (Å²) in [6.07, 6.45) is 4.13. The molecule has 7 heteroatoms. The van der Waals surface area contributed by atoms with Crippen molar-refractivity contribution in [1.82, 2.24) is 9.88 Å². The summed E-state index contributed by atoms with van der Waals surface area (Å²) < 4.78 is 19.0. The average molecular weight is 445 g/mol.